The molecule has 0 aromatic carbocycles. The lowest BCUT2D eigenvalue weighted by Crippen LogP contribution is -2.24. The summed E-state index contributed by atoms with van der Waals surface area (Å²) in [5, 5.41) is 2.75. The summed E-state index contributed by atoms with van der Waals surface area (Å²) in [4.78, 5) is 30.1. The molecule has 1 atom stereocenters. The van der Waals surface area contributed by atoms with Crippen LogP contribution in [0.3, 0.4) is 0 Å². The van der Waals surface area contributed by atoms with Gasteiger partial charge in [-0.15, -0.1) is 0 Å². The molecule has 1 amide bonds. The highest BCUT2D eigenvalue weighted by atomic mass is 31.2. The fourth-order valence-corrected chi connectivity index (χ4v) is 1.67. The zero-order valence-corrected chi connectivity index (χ0v) is 11.7. The molecule has 18 heavy (non-hydrogen) atoms. The van der Waals surface area contributed by atoms with Gasteiger partial charge in [0.05, 0.1) is 6.61 Å². The van der Waals surface area contributed by atoms with Crippen molar-refractivity contribution in [1.82, 2.24) is 5.32 Å². The lowest BCUT2D eigenvalue weighted by Gasteiger charge is -2.07. The third-order valence-electron chi connectivity index (χ3n) is 2.24. The van der Waals surface area contributed by atoms with Crippen LogP contribution in [0.5, 0.6) is 0 Å². The molecule has 0 heterocycles. The Kier molecular flexibility index (Phi) is 12.5. The third-order valence-corrected chi connectivity index (χ3v) is 2.96. The molecule has 2 N–H and O–H groups in total. The largest absolute Gasteiger partial charge is 0.356 e. The van der Waals surface area contributed by atoms with Crippen LogP contribution in [0.15, 0.2) is 0 Å². The SMILES string of the molecule is COP(O)OCCCCCCNC(=O)CCC=O. The molecular formula is C11H22NO5P. The lowest BCUT2D eigenvalue weighted by atomic mass is 10.2. The monoisotopic (exact) mass is 279 g/mol. The molecule has 0 aromatic rings. The van der Waals surface area contributed by atoms with Crippen LogP contribution in [-0.2, 0) is 18.6 Å². The summed E-state index contributed by atoms with van der Waals surface area (Å²) in [6, 6.07) is 0. The molecule has 0 saturated heterocycles. The van der Waals surface area contributed by atoms with Crippen molar-refractivity contribution in [2.75, 3.05) is 20.3 Å². The Balaban J connectivity index is 3.16. The van der Waals surface area contributed by atoms with Gasteiger partial charge in [0.1, 0.15) is 6.29 Å². The Morgan fingerprint density at radius 1 is 1.33 bits per heavy atom. The number of carbonyl (C=O) groups excluding carboxylic acids is 2. The Morgan fingerprint density at radius 3 is 2.72 bits per heavy atom. The van der Waals surface area contributed by atoms with Gasteiger partial charge in [-0.25, -0.2) is 0 Å². The smallest absolute Gasteiger partial charge is 0.329 e. The molecule has 0 bridgehead atoms. The van der Waals surface area contributed by atoms with Gasteiger partial charge >= 0.3 is 8.60 Å². The van der Waals surface area contributed by atoms with Crippen LogP contribution in [-0.4, -0.2) is 37.3 Å². The normalized spacial score (nSPS) is 12.1. The number of hydrogen-bond donors (Lipinski definition) is 2. The van der Waals surface area contributed by atoms with Gasteiger partial charge < -0.3 is 24.1 Å². The minimum Gasteiger partial charge on any atom is -0.356 e. The van der Waals surface area contributed by atoms with E-state index in [1.54, 1.807) is 0 Å². The molecular weight excluding hydrogens is 257 g/mol. The van der Waals surface area contributed by atoms with E-state index in [1.807, 2.05) is 0 Å². The average Bonchev–Trinajstić information content (AvgIpc) is 2.38. The van der Waals surface area contributed by atoms with E-state index in [1.165, 1.54) is 7.11 Å². The molecule has 0 aliphatic heterocycles. The maximum Gasteiger partial charge on any atom is 0.329 e. The first-order chi connectivity index (χ1) is 8.70. The van der Waals surface area contributed by atoms with Gasteiger partial charge in [-0.3, -0.25) is 4.79 Å². The summed E-state index contributed by atoms with van der Waals surface area (Å²) in [6.07, 6.45) is 5.05. The minimum absolute atomic E-state index is 0.0727. The molecule has 0 aliphatic rings. The van der Waals surface area contributed by atoms with Crippen molar-refractivity contribution in [3.8, 4) is 0 Å². The second-order valence-electron chi connectivity index (χ2n) is 3.72. The number of carbonyl (C=O) groups is 2. The second kappa shape index (κ2) is 12.9. The Morgan fingerprint density at radius 2 is 2.06 bits per heavy atom. The quantitative estimate of drug-likeness (QED) is 0.321. The number of rotatable bonds is 12. The highest BCUT2D eigenvalue weighted by Gasteiger charge is 2.02. The zero-order valence-electron chi connectivity index (χ0n) is 10.8. The highest BCUT2D eigenvalue weighted by molar-refractivity contribution is 7.40. The van der Waals surface area contributed by atoms with Crippen molar-refractivity contribution in [1.29, 1.82) is 0 Å². The highest BCUT2D eigenvalue weighted by Crippen LogP contribution is 2.31. The van der Waals surface area contributed by atoms with Gasteiger partial charge in [-0.1, -0.05) is 12.8 Å². The molecule has 0 rings (SSSR count). The summed E-state index contributed by atoms with van der Waals surface area (Å²) in [7, 11) is -0.304. The molecule has 0 aromatic heterocycles. The maximum atomic E-state index is 11.1. The molecule has 1 unspecified atom stereocenters. The van der Waals surface area contributed by atoms with E-state index < -0.39 is 8.60 Å². The van der Waals surface area contributed by atoms with E-state index >= 15 is 0 Å². The van der Waals surface area contributed by atoms with E-state index in [-0.39, 0.29) is 18.7 Å². The standard InChI is InChI=1S/C11H22NO5P/c1-16-18(15)17-10-5-3-2-4-8-12-11(14)7-6-9-13/h9,15H,2-8,10H2,1H3,(H,12,14). The van der Waals surface area contributed by atoms with Crippen molar-refractivity contribution < 1.29 is 23.5 Å². The molecule has 0 saturated carbocycles. The van der Waals surface area contributed by atoms with Crippen molar-refractivity contribution in [2.24, 2.45) is 0 Å². The molecule has 6 nitrogen and oxygen atoms in total. The zero-order chi connectivity index (χ0) is 13.6. The van der Waals surface area contributed by atoms with Crippen molar-refractivity contribution in [3.63, 3.8) is 0 Å². The second-order valence-corrected chi connectivity index (χ2v) is 4.82. The van der Waals surface area contributed by atoms with Crippen molar-refractivity contribution in [2.45, 2.75) is 38.5 Å². The van der Waals surface area contributed by atoms with Gasteiger partial charge in [0.25, 0.3) is 0 Å². The average molecular weight is 279 g/mol. The maximum absolute atomic E-state index is 11.1. The summed E-state index contributed by atoms with van der Waals surface area (Å²) >= 11 is 0. The topological polar surface area (TPSA) is 84.9 Å². The predicted octanol–water partition coefficient (Wildman–Crippen LogP) is 1.52. The molecule has 0 fully saturated rings. The van der Waals surface area contributed by atoms with Crippen LogP contribution in [0.2, 0.25) is 0 Å². The summed E-state index contributed by atoms with van der Waals surface area (Å²) in [5.41, 5.74) is 0. The number of aldehydes is 1. The first-order valence-corrected chi connectivity index (χ1v) is 7.20. The van der Waals surface area contributed by atoms with Crippen LogP contribution in [0.25, 0.3) is 0 Å². The summed E-state index contributed by atoms with van der Waals surface area (Å²) in [6.45, 7) is 1.13. The predicted molar refractivity (Wildman–Crippen MR) is 68.9 cm³/mol. The van der Waals surface area contributed by atoms with Gasteiger partial charge in [0.15, 0.2) is 0 Å². The van der Waals surface area contributed by atoms with Gasteiger partial charge in [-0.05, 0) is 12.8 Å². The molecule has 106 valence electrons. The molecule has 7 heteroatoms. The van der Waals surface area contributed by atoms with Crippen LogP contribution >= 0.6 is 8.60 Å². The van der Waals surface area contributed by atoms with E-state index in [9.17, 15) is 9.59 Å². The fraction of sp³-hybridized carbons (Fsp3) is 0.818. The van der Waals surface area contributed by atoms with Crippen molar-refractivity contribution >= 4 is 20.8 Å². The first-order valence-electron chi connectivity index (χ1n) is 6.07. The fourth-order valence-electron chi connectivity index (χ4n) is 1.28. The van der Waals surface area contributed by atoms with Gasteiger partial charge in [0.2, 0.25) is 5.91 Å². The van der Waals surface area contributed by atoms with Crippen molar-refractivity contribution in [3.05, 3.63) is 0 Å². The van der Waals surface area contributed by atoms with E-state index in [0.717, 1.165) is 32.0 Å². The number of unbranched alkanes of at least 4 members (excludes halogenated alkanes) is 3. The van der Waals surface area contributed by atoms with E-state index in [2.05, 4.69) is 9.84 Å². The van der Waals surface area contributed by atoms with Crippen LogP contribution in [0.4, 0.5) is 0 Å². The van der Waals surface area contributed by atoms with Gasteiger partial charge in [0, 0.05) is 26.5 Å². The Hall–Kier alpha value is -0.550. The van der Waals surface area contributed by atoms with Crippen LogP contribution in [0, 0.1) is 0 Å². The third kappa shape index (κ3) is 11.9. The minimum atomic E-state index is -1.71. The van der Waals surface area contributed by atoms with Crippen LogP contribution < -0.4 is 5.32 Å². The Labute approximate surface area is 109 Å². The molecule has 0 aliphatic carbocycles. The molecule has 0 radical (unpaired) electrons. The van der Waals surface area contributed by atoms with Gasteiger partial charge in [-0.2, -0.15) is 0 Å². The number of hydrogen-bond acceptors (Lipinski definition) is 5. The van der Waals surface area contributed by atoms with Crippen LogP contribution in [0.1, 0.15) is 38.5 Å². The summed E-state index contributed by atoms with van der Waals surface area (Å²) < 4.78 is 9.56. The lowest BCUT2D eigenvalue weighted by molar-refractivity contribution is -0.122. The Bertz CT molecular complexity index is 227. The summed E-state index contributed by atoms with van der Waals surface area (Å²) in [5.74, 6) is -0.0727. The number of amides is 1. The van der Waals surface area contributed by atoms with E-state index in [4.69, 9.17) is 9.42 Å². The number of nitrogens with one attached hydrogen (secondary N) is 1. The molecule has 0 spiro atoms. The van der Waals surface area contributed by atoms with E-state index in [0.29, 0.717) is 13.2 Å². The first kappa shape index (κ1) is 17.4.